The fourth-order valence-corrected chi connectivity index (χ4v) is 4.73. The number of aromatic nitrogens is 4. The lowest BCUT2D eigenvalue weighted by molar-refractivity contribution is -0.131. The van der Waals surface area contributed by atoms with E-state index in [9.17, 15) is 4.79 Å². The second-order valence-corrected chi connectivity index (χ2v) is 8.87. The van der Waals surface area contributed by atoms with Gasteiger partial charge in [-0.25, -0.2) is 0 Å². The quantitative estimate of drug-likeness (QED) is 0.596. The van der Waals surface area contributed by atoms with Crippen LogP contribution in [0.25, 0.3) is 22.3 Å². The van der Waals surface area contributed by atoms with Crippen LogP contribution in [0, 0.1) is 0 Å². The lowest BCUT2D eigenvalue weighted by Crippen LogP contribution is -2.43. The van der Waals surface area contributed by atoms with Crippen LogP contribution in [0.1, 0.15) is 46.6 Å². The second kappa shape index (κ2) is 7.62. The Kier molecular flexibility index (Phi) is 5.19. The van der Waals surface area contributed by atoms with Crippen molar-refractivity contribution in [3.05, 3.63) is 30.5 Å². The molecule has 0 bridgehead atoms. The molecule has 1 aliphatic carbocycles. The van der Waals surface area contributed by atoms with Crippen molar-refractivity contribution in [1.29, 1.82) is 0 Å². The van der Waals surface area contributed by atoms with Crippen molar-refractivity contribution in [2.45, 2.75) is 63.8 Å². The van der Waals surface area contributed by atoms with Crippen LogP contribution < -0.4 is 0 Å². The third kappa shape index (κ3) is 3.55. The van der Waals surface area contributed by atoms with Gasteiger partial charge in [0.05, 0.1) is 5.75 Å². The Morgan fingerprint density at radius 3 is 2.61 bits per heavy atom. The number of nitrogens with one attached hydrogen (secondary N) is 1. The van der Waals surface area contributed by atoms with Crippen molar-refractivity contribution in [2.24, 2.45) is 0 Å². The number of H-pyrrole nitrogens is 1. The number of hydrogen-bond acceptors (Lipinski definition) is 4. The summed E-state index contributed by atoms with van der Waals surface area (Å²) in [5, 5.41) is 10.9. The van der Waals surface area contributed by atoms with Crippen LogP contribution in [0.3, 0.4) is 0 Å². The zero-order valence-electron chi connectivity index (χ0n) is 16.8. The van der Waals surface area contributed by atoms with Crippen molar-refractivity contribution < 1.29 is 4.79 Å². The molecule has 1 saturated carbocycles. The van der Waals surface area contributed by atoms with Crippen molar-refractivity contribution in [3.63, 3.8) is 0 Å². The highest BCUT2D eigenvalue weighted by Gasteiger charge is 2.31. The van der Waals surface area contributed by atoms with E-state index in [1.165, 1.54) is 11.8 Å². The summed E-state index contributed by atoms with van der Waals surface area (Å²) in [5.74, 6) is 1.42. The van der Waals surface area contributed by atoms with Gasteiger partial charge in [-0.15, -0.1) is 10.2 Å². The lowest BCUT2D eigenvalue weighted by Gasteiger charge is -2.30. The van der Waals surface area contributed by atoms with Crippen LogP contribution in [0.5, 0.6) is 0 Å². The number of carbonyl (C=O) groups excluding carboxylic acids is 1. The van der Waals surface area contributed by atoms with Crippen LogP contribution in [-0.2, 0) is 4.79 Å². The molecule has 2 aromatic heterocycles. The van der Waals surface area contributed by atoms with Gasteiger partial charge in [-0.05, 0) is 46.6 Å². The monoisotopic (exact) mass is 397 g/mol. The van der Waals surface area contributed by atoms with Crippen LogP contribution in [0.15, 0.2) is 35.6 Å². The molecule has 0 saturated heterocycles. The van der Waals surface area contributed by atoms with E-state index in [2.05, 4.69) is 59.6 Å². The minimum absolute atomic E-state index is 0.147. The molecule has 28 heavy (non-hydrogen) atoms. The number of benzene rings is 1. The average Bonchev–Trinajstić information content (AvgIpc) is 3.26. The van der Waals surface area contributed by atoms with Crippen molar-refractivity contribution in [2.75, 3.05) is 5.75 Å². The minimum atomic E-state index is 0.147. The van der Waals surface area contributed by atoms with E-state index in [-0.39, 0.29) is 18.0 Å². The standard InChI is InChI=1S/C21H27N5OS/c1-13(2)25(14(3)4)19(27)12-28-21-24-23-20(26(21)15-9-10-15)17-11-22-18-8-6-5-7-16(17)18/h5-8,11,13-15,22H,9-10,12H2,1-4H3. The molecule has 1 fully saturated rings. The SMILES string of the molecule is CC(C)N(C(=O)CSc1nnc(-c2c[nH]c3ccccc23)n1C1CC1)C(C)C. The highest BCUT2D eigenvalue weighted by molar-refractivity contribution is 7.99. The van der Waals surface area contributed by atoms with Crippen molar-refractivity contribution >= 4 is 28.6 Å². The van der Waals surface area contributed by atoms with Gasteiger partial charge in [-0.3, -0.25) is 9.36 Å². The van der Waals surface area contributed by atoms with E-state index in [1.54, 1.807) is 0 Å². The molecule has 0 spiro atoms. The number of amides is 1. The lowest BCUT2D eigenvalue weighted by atomic mass is 10.1. The van der Waals surface area contributed by atoms with E-state index in [1.807, 2.05) is 23.2 Å². The number of carbonyl (C=O) groups is 1. The summed E-state index contributed by atoms with van der Waals surface area (Å²) >= 11 is 1.50. The van der Waals surface area contributed by atoms with E-state index in [0.29, 0.717) is 11.8 Å². The first-order valence-corrected chi connectivity index (χ1v) is 10.9. The molecular weight excluding hydrogens is 370 g/mol. The fraction of sp³-hybridized carbons (Fsp3) is 0.476. The third-order valence-corrected chi connectivity index (χ3v) is 6.06. The predicted octanol–water partition coefficient (Wildman–Crippen LogP) is 4.50. The van der Waals surface area contributed by atoms with Crippen molar-refractivity contribution in [1.82, 2.24) is 24.6 Å². The molecule has 0 unspecified atom stereocenters. The van der Waals surface area contributed by atoms with Gasteiger partial charge in [0, 0.05) is 40.8 Å². The first kappa shape index (κ1) is 19.1. The first-order chi connectivity index (χ1) is 13.5. The largest absolute Gasteiger partial charge is 0.360 e. The highest BCUT2D eigenvalue weighted by atomic mass is 32.2. The van der Waals surface area contributed by atoms with Crippen LogP contribution >= 0.6 is 11.8 Å². The van der Waals surface area contributed by atoms with Gasteiger partial charge in [-0.1, -0.05) is 30.0 Å². The smallest absolute Gasteiger partial charge is 0.233 e. The number of thioether (sulfide) groups is 1. The predicted molar refractivity (Wildman–Crippen MR) is 113 cm³/mol. The van der Waals surface area contributed by atoms with Crippen LogP contribution in [-0.4, -0.2) is 48.4 Å². The summed E-state index contributed by atoms with van der Waals surface area (Å²) in [6.07, 6.45) is 4.28. The van der Waals surface area contributed by atoms with Gasteiger partial charge in [0.25, 0.3) is 0 Å². The first-order valence-electron chi connectivity index (χ1n) is 9.92. The van der Waals surface area contributed by atoms with Gasteiger partial charge in [0.1, 0.15) is 0 Å². The molecule has 1 aliphatic rings. The Hall–Kier alpha value is -2.28. The van der Waals surface area contributed by atoms with Gasteiger partial charge < -0.3 is 9.88 Å². The maximum atomic E-state index is 12.7. The van der Waals surface area contributed by atoms with Crippen LogP contribution in [0.2, 0.25) is 0 Å². The molecule has 1 amide bonds. The Balaban J connectivity index is 1.61. The Labute approximate surface area is 169 Å². The molecular formula is C21H27N5OS. The summed E-state index contributed by atoms with van der Waals surface area (Å²) in [6.45, 7) is 8.24. The average molecular weight is 398 g/mol. The molecule has 4 rings (SSSR count). The van der Waals surface area contributed by atoms with Crippen LogP contribution in [0.4, 0.5) is 0 Å². The zero-order chi connectivity index (χ0) is 19.8. The molecule has 1 aromatic carbocycles. The summed E-state index contributed by atoms with van der Waals surface area (Å²) in [5.41, 5.74) is 2.16. The van der Waals surface area contributed by atoms with E-state index >= 15 is 0 Å². The number of rotatable bonds is 7. The summed E-state index contributed by atoms with van der Waals surface area (Å²) in [7, 11) is 0. The molecule has 7 heteroatoms. The Morgan fingerprint density at radius 2 is 1.93 bits per heavy atom. The van der Waals surface area contributed by atoms with E-state index in [4.69, 9.17) is 0 Å². The van der Waals surface area contributed by atoms with E-state index in [0.717, 1.165) is 40.3 Å². The molecule has 6 nitrogen and oxygen atoms in total. The Morgan fingerprint density at radius 1 is 1.21 bits per heavy atom. The summed E-state index contributed by atoms with van der Waals surface area (Å²) < 4.78 is 2.22. The van der Waals surface area contributed by atoms with Gasteiger partial charge in [0.15, 0.2) is 11.0 Å². The van der Waals surface area contributed by atoms with E-state index < -0.39 is 0 Å². The normalized spacial score (nSPS) is 14.4. The summed E-state index contributed by atoms with van der Waals surface area (Å²) in [4.78, 5) is 18.0. The molecule has 1 N–H and O–H groups in total. The minimum Gasteiger partial charge on any atom is -0.360 e. The maximum absolute atomic E-state index is 12.7. The number of hydrogen-bond donors (Lipinski definition) is 1. The summed E-state index contributed by atoms with van der Waals surface area (Å²) in [6, 6.07) is 9.05. The topological polar surface area (TPSA) is 66.8 Å². The third-order valence-electron chi connectivity index (χ3n) is 5.13. The number of fused-ring (bicyclic) bond motifs is 1. The molecule has 0 aliphatic heterocycles. The fourth-order valence-electron chi connectivity index (χ4n) is 3.85. The molecule has 3 aromatic rings. The number of nitrogens with zero attached hydrogens (tertiary/aromatic N) is 4. The molecule has 0 atom stereocenters. The second-order valence-electron chi connectivity index (χ2n) is 7.93. The van der Waals surface area contributed by atoms with Gasteiger partial charge in [0.2, 0.25) is 5.91 Å². The number of aromatic amines is 1. The van der Waals surface area contributed by atoms with Gasteiger partial charge in [-0.2, -0.15) is 0 Å². The number of para-hydroxylation sites is 1. The van der Waals surface area contributed by atoms with Gasteiger partial charge >= 0.3 is 0 Å². The molecule has 148 valence electrons. The molecule has 0 radical (unpaired) electrons. The maximum Gasteiger partial charge on any atom is 0.233 e. The zero-order valence-corrected chi connectivity index (χ0v) is 17.7. The molecule has 2 heterocycles. The Bertz CT molecular complexity index is 978. The van der Waals surface area contributed by atoms with Crippen molar-refractivity contribution in [3.8, 4) is 11.4 Å². The highest BCUT2D eigenvalue weighted by Crippen LogP contribution is 2.42.